The normalized spacial score (nSPS) is 34.6. The van der Waals surface area contributed by atoms with Gasteiger partial charge in [-0.2, -0.15) is 0 Å². The lowest BCUT2D eigenvalue weighted by molar-refractivity contribution is -0.0764. The number of rotatable bonds is 1. The summed E-state index contributed by atoms with van der Waals surface area (Å²) in [7, 11) is 0. The molecule has 1 heterocycles. The first kappa shape index (κ1) is 9.01. The smallest absolute Gasteiger partial charge is 0.0678 e. The van der Waals surface area contributed by atoms with E-state index < -0.39 is 0 Å². The van der Waals surface area contributed by atoms with Gasteiger partial charge >= 0.3 is 0 Å². The van der Waals surface area contributed by atoms with Crippen LogP contribution in [0.3, 0.4) is 0 Å². The van der Waals surface area contributed by atoms with Crippen molar-refractivity contribution in [1.29, 1.82) is 0 Å². The van der Waals surface area contributed by atoms with Gasteiger partial charge in [0.25, 0.3) is 0 Å². The quantitative estimate of drug-likeness (QED) is 0.572. The van der Waals surface area contributed by atoms with Crippen molar-refractivity contribution in [2.75, 3.05) is 13.1 Å². The Kier molecular flexibility index (Phi) is 2.90. The third kappa shape index (κ3) is 2.46. The fraction of sp³-hybridized carbons (Fsp3) is 1.00. The van der Waals surface area contributed by atoms with Gasteiger partial charge in [-0.25, -0.2) is 0 Å². The summed E-state index contributed by atoms with van der Waals surface area (Å²) >= 11 is 0. The molecule has 0 bridgehead atoms. The minimum atomic E-state index is 0.404. The van der Waals surface area contributed by atoms with Crippen LogP contribution in [-0.4, -0.2) is 36.2 Å². The Morgan fingerprint density at radius 2 is 1.64 bits per heavy atom. The fourth-order valence-electron chi connectivity index (χ4n) is 1.64. The Hall–Kier alpha value is -0.0800. The van der Waals surface area contributed by atoms with Crippen LogP contribution in [0.15, 0.2) is 0 Å². The molecule has 1 aliphatic rings. The lowest BCUT2D eigenvalue weighted by atomic mass is 10.2. The van der Waals surface area contributed by atoms with Gasteiger partial charge in [0, 0.05) is 19.1 Å². The van der Waals surface area contributed by atoms with E-state index in [4.69, 9.17) is 4.74 Å². The van der Waals surface area contributed by atoms with E-state index >= 15 is 0 Å². The summed E-state index contributed by atoms with van der Waals surface area (Å²) in [6, 6.07) is 0.656. The topological polar surface area (TPSA) is 12.5 Å². The second-order valence-electron chi connectivity index (χ2n) is 3.80. The molecular weight excluding hydrogens is 138 g/mol. The molecule has 0 aromatic rings. The van der Waals surface area contributed by atoms with E-state index in [9.17, 15) is 0 Å². The van der Waals surface area contributed by atoms with Crippen LogP contribution < -0.4 is 0 Å². The lowest BCUT2D eigenvalue weighted by Gasteiger charge is -2.37. The molecule has 2 heteroatoms. The Labute approximate surface area is 69.5 Å². The molecule has 0 radical (unpaired) electrons. The Bertz CT molecular complexity index is 115. The van der Waals surface area contributed by atoms with Crippen molar-refractivity contribution >= 4 is 0 Å². The van der Waals surface area contributed by atoms with Crippen LogP contribution in [-0.2, 0) is 4.74 Å². The summed E-state index contributed by atoms with van der Waals surface area (Å²) in [5.74, 6) is 0. The van der Waals surface area contributed by atoms with E-state index in [0.717, 1.165) is 13.1 Å². The van der Waals surface area contributed by atoms with Crippen molar-refractivity contribution in [3.63, 3.8) is 0 Å². The highest BCUT2D eigenvalue weighted by Crippen LogP contribution is 2.12. The second kappa shape index (κ2) is 3.55. The van der Waals surface area contributed by atoms with E-state index in [0.29, 0.717) is 18.2 Å². The monoisotopic (exact) mass is 157 g/mol. The largest absolute Gasteiger partial charge is 0.373 e. The standard InChI is InChI=1S/C9H19NO/c1-7(2)10-5-8(3)11-9(4)6-10/h7-9H,5-6H2,1-4H3/t8-,9?/m1/s1. The number of hydrogen-bond donors (Lipinski definition) is 0. The van der Waals surface area contributed by atoms with Crippen LogP contribution in [0.25, 0.3) is 0 Å². The SMILES string of the molecule is CC1CN(C(C)C)C[C@@H](C)O1. The van der Waals surface area contributed by atoms with Crippen molar-refractivity contribution < 1.29 is 4.74 Å². The molecule has 0 N–H and O–H groups in total. The first-order chi connectivity index (χ1) is 5.09. The number of hydrogen-bond acceptors (Lipinski definition) is 2. The van der Waals surface area contributed by atoms with Crippen LogP contribution in [0, 0.1) is 0 Å². The molecule has 11 heavy (non-hydrogen) atoms. The van der Waals surface area contributed by atoms with E-state index in [2.05, 4.69) is 32.6 Å². The van der Waals surface area contributed by atoms with Crippen molar-refractivity contribution in [2.45, 2.75) is 45.9 Å². The minimum Gasteiger partial charge on any atom is -0.373 e. The van der Waals surface area contributed by atoms with Crippen LogP contribution in [0.5, 0.6) is 0 Å². The van der Waals surface area contributed by atoms with Crippen molar-refractivity contribution in [3.05, 3.63) is 0 Å². The molecule has 0 spiro atoms. The Morgan fingerprint density at radius 1 is 1.18 bits per heavy atom. The zero-order chi connectivity index (χ0) is 8.43. The third-order valence-corrected chi connectivity index (χ3v) is 2.18. The first-order valence-electron chi connectivity index (χ1n) is 4.49. The van der Waals surface area contributed by atoms with Crippen molar-refractivity contribution in [2.24, 2.45) is 0 Å². The summed E-state index contributed by atoms with van der Waals surface area (Å²) in [4.78, 5) is 2.47. The van der Waals surface area contributed by atoms with Gasteiger partial charge in [-0.3, -0.25) is 4.90 Å². The maximum Gasteiger partial charge on any atom is 0.0678 e. The van der Waals surface area contributed by atoms with Gasteiger partial charge in [0.15, 0.2) is 0 Å². The molecule has 1 fully saturated rings. The van der Waals surface area contributed by atoms with Crippen LogP contribution in [0.4, 0.5) is 0 Å². The maximum absolute atomic E-state index is 5.62. The first-order valence-corrected chi connectivity index (χ1v) is 4.49. The predicted molar refractivity (Wildman–Crippen MR) is 46.7 cm³/mol. The molecule has 0 aliphatic carbocycles. The third-order valence-electron chi connectivity index (χ3n) is 2.18. The Balaban J connectivity index is 2.43. The highest BCUT2D eigenvalue weighted by molar-refractivity contribution is 4.75. The molecular formula is C9H19NO. The van der Waals surface area contributed by atoms with E-state index in [1.54, 1.807) is 0 Å². The van der Waals surface area contributed by atoms with Crippen LogP contribution >= 0.6 is 0 Å². The molecule has 66 valence electrons. The molecule has 1 saturated heterocycles. The van der Waals surface area contributed by atoms with Crippen LogP contribution in [0.1, 0.15) is 27.7 Å². The van der Waals surface area contributed by atoms with Gasteiger partial charge in [-0.05, 0) is 27.7 Å². The van der Waals surface area contributed by atoms with E-state index in [-0.39, 0.29) is 0 Å². The van der Waals surface area contributed by atoms with Crippen LogP contribution in [0.2, 0.25) is 0 Å². The number of nitrogens with zero attached hydrogens (tertiary/aromatic N) is 1. The molecule has 2 nitrogen and oxygen atoms in total. The predicted octanol–water partition coefficient (Wildman–Crippen LogP) is 1.50. The molecule has 1 aliphatic heterocycles. The van der Waals surface area contributed by atoms with Crippen molar-refractivity contribution in [1.82, 2.24) is 4.90 Å². The molecule has 0 aromatic carbocycles. The van der Waals surface area contributed by atoms with Gasteiger partial charge in [-0.1, -0.05) is 0 Å². The van der Waals surface area contributed by atoms with Gasteiger partial charge in [0.2, 0.25) is 0 Å². The van der Waals surface area contributed by atoms with Gasteiger partial charge < -0.3 is 4.74 Å². The molecule has 0 saturated carbocycles. The molecule has 0 aromatic heterocycles. The van der Waals surface area contributed by atoms with E-state index in [1.165, 1.54) is 0 Å². The summed E-state index contributed by atoms with van der Waals surface area (Å²) in [5.41, 5.74) is 0. The summed E-state index contributed by atoms with van der Waals surface area (Å²) in [6.45, 7) is 10.9. The second-order valence-corrected chi connectivity index (χ2v) is 3.80. The molecule has 0 amide bonds. The zero-order valence-corrected chi connectivity index (χ0v) is 8.00. The summed E-state index contributed by atoms with van der Waals surface area (Å²) < 4.78 is 5.62. The molecule has 1 rings (SSSR count). The minimum absolute atomic E-state index is 0.404. The summed E-state index contributed by atoms with van der Waals surface area (Å²) in [6.07, 6.45) is 0.808. The fourth-order valence-corrected chi connectivity index (χ4v) is 1.64. The highest BCUT2D eigenvalue weighted by atomic mass is 16.5. The average molecular weight is 157 g/mol. The lowest BCUT2D eigenvalue weighted by Crippen LogP contribution is -2.48. The summed E-state index contributed by atoms with van der Waals surface area (Å²) in [5, 5.41) is 0. The van der Waals surface area contributed by atoms with Gasteiger partial charge in [0.05, 0.1) is 12.2 Å². The van der Waals surface area contributed by atoms with Gasteiger partial charge in [0.1, 0.15) is 0 Å². The Morgan fingerprint density at radius 3 is 2.00 bits per heavy atom. The number of morpholine rings is 1. The molecule has 1 unspecified atom stereocenters. The average Bonchev–Trinajstić information content (AvgIpc) is 1.85. The molecule has 2 atom stereocenters. The van der Waals surface area contributed by atoms with E-state index in [1.807, 2.05) is 0 Å². The zero-order valence-electron chi connectivity index (χ0n) is 8.00. The highest BCUT2D eigenvalue weighted by Gasteiger charge is 2.23. The van der Waals surface area contributed by atoms with Crippen molar-refractivity contribution in [3.8, 4) is 0 Å². The number of ether oxygens (including phenoxy) is 1. The maximum atomic E-state index is 5.62. The van der Waals surface area contributed by atoms with Gasteiger partial charge in [-0.15, -0.1) is 0 Å².